The zero-order valence-corrected chi connectivity index (χ0v) is 11.1. The zero-order valence-electron chi connectivity index (χ0n) is 11.1. The normalized spacial score (nSPS) is 27.0. The van der Waals surface area contributed by atoms with Crippen LogP contribution in [0.3, 0.4) is 0 Å². The predicted molar refractivity (Wildman–Crippen MR) is 68.6 cm³/mol. The third-order valence-electron chi connectivity index (χ3n) is 3.21. The van der Waals surface area contributed by atoms with Crippen LogP contribution in [0.4, 0.5) is 0 Å². The molecule has 1 aliphatic carbocycles. The smallest absolute Gasteiger partial charge is 0.0540 e. The van der Waals surface area contributed by atoms with Crippen molar-refractivity contribution in [1.29, 1.82) is 0 Å². The monoisotopic (exact) mass is 228 g/mol. The van der Waals surface area contributed by atoms with Gasteiger partial charge in [0.05, 0.1) is 6.10 Å². The molecule has 0 aromatic rings. The Labute approximate surface area is 100 Å². The van der Waals surface area contributed by atoms with Gasteiger partial charge in [0.2, 0.25) is 0 Å². The van der Waals surface area contributed by atoms with Crippen molar-refractivity contribution in [3.05, 3.63) is 0 Å². The number of aliphatic hydroxyl groups is 1. The lowest BCUT2D eigenvalue weighted by Crippen LogP contribution is -2.41. The van der Waals surface area contributed by atoms with E-state index in [4.69, 9.17) is 0 Å². The summed E-state index contributed by atoms with van der Waals surface area (Å²) >= 11 is 0. The Hall–Kier alpha value is -0.120. The largest absolute Gasteiger partial charge is 0.393 e. The van der Waals surface area contributed by atoms with Crippen LogP contribution in [0, 0.1) is 5.92 Å². The maximum Gasteiger partial charge on any atom is 0.0540 e. The fourth-order valence-electron chi connectivity index (χ4n) is 2.18. The zero-order chi connectivity index (χ0) is 12.0. The minimum absolute atomic E-state index is 0.0289. The van der Waals surface area contributed by atoms with Gasteiger partial charge in [-0.05, 0) is 58.9 Å². The summed E-state index contributed by atoms with van der Waals surface area (Å²) in [7, 11) is 0. The van der Waals surface area contributed by atoms with E-state index in [1.807, 2.05) is 0 Å². The van der Waals surface area contributed by atoms with Crippen molar-refractivity contribution in [3.8, 4) is 0 Å². The Kier molecular flexibility index (Phi) is 5.73. The Morgan fingerprint density at radius 1 is 1.06 bits per heavy atom. The number of hydrogen-bond acceptors (Lipinski definition) is 3. The van der Waals surface area contributed by atoms with E-state index in [0.717, 1.165) is 38.4 Å². The lowest BCUT2D eigenvalue weighted by Gasteiger charge is -2.26. The second-order valence-electron chi connectivity index (χ2n) is 6.06. The second-order valence-corrected chi connectivity index (χ2v) is 6.06. The molecule has 0 aromatic heterocycles. The Balaban J connectivity index is 1.95. The van der Waals surface area contributed by atoms with E-state index >= 15 is 0 Å². The minimum Gasteiger partial charge on any atom is -0.393 e. The van der Waals surface area contributed by atoms with Gasteiger partial charge in [0.15, 0.2) is 0 Å². The van der Waals surface area contributed by atoms with E-state index in [2.05, 4.69) is 31.4 Å². The first-order valence-electron chi connectivity index (χ1n) is 6.61. The van der Waals surface area contributed by atoms with E-state index < -0.39 is 0 Å². The third-order valence-corrected chi connectivity index (χ3v) is 3.21. The number of rotatable bonds is 5. The molecule has 1 aliphatic rings. The van der Waals surface area contributed by atoms with Crippen molar-refractivity contribution in [2.75, 3.05) is 19.6 Å². The first-order chi connectivity index (χ1) is 7.47. The van der Waals surface area contributed by atoms with Crippen molar-refractivity contribution in [1.82, 2.24) is 10.6 Å². The molecule has 0 atom stereocenters. The van der Waals surface area contributed by atoms with Gasteiger partial charge in [-0.1, -0.05) is 0 Å². The summed E-state index contributed by atoms with van der Waals surface area (Å²) in [5.74, 6) is 0.776. The van der Waals surface area contributed by atoms with Gasteiger partial charge in [0, 0.05) is 18.6 Å². The van der Waals surface area contributed by atoms with Crippen LogP contribution in [0.15, 0.2) is 0 Å². The Morgan fingerprint density at radius 3 is 2.25 bits per heavy atom. The van der Waals surface area contributed by atoms with Crippen LogP contribution in [-0.2, 0) is 0 Å². The molecule has 0 aliphatic heterocycles. The van der Waals surface area contributed by atoms with Gasteiger partial charge in [0.25, 0.3) is 0 Å². The van der Waals surface area contributed by atoms with Crippen molar-refractivity contribution in [2.45, 2.75) is 58.1 Å². The molecule has 0 spiro atoms. The van der Waals surface area contributed by atoms with Crippen molar-refractivity contribution in [3.63, 3.8) is 0 Å². The molecular weight excluding hydrogens is 200 g/mol. The van der Waals surface area contributed by atoms with E-state index in [9.17, 15) is 5.11 Å². The average molecular weight is 228 g/mol. The highest BCUT2D eigenvalue weighted by molar-refractivity contribution is 4.74. The van der Waals surface area contributed by atoms with E-state index in [0.29, 0.717) is 0 Å². The van der Waals surface area contributed by atoms with Crippen LogP contribution in [0.5, 0.6) is 0 Å². The van der Waals surface area contributed by atoms with E-state index in [1.54, 1.807) is 0 Å². The SMILES string of the molecule is CC(C)(C)NCCNCC1CCC(O)CC1. The lowest BCUT2D eigenvalue weighted by molar-refractivity contribution is 0.108. The molecule has 0 unspecified atom stereocenters. The van der Waals surface area contributed by atoms with Crippen molar-refractivity contribution < 1.29 is 5.11 Å². The topological polar surface area (TPSA) is 44.3 Å². The molecule has 1 fully saturated rings. The molecule has 0 saturated heterocycles. The molecule has 96 valence electrons. The molecule has 3 nitrogen and oxygen atoms in total. The average Bonchev–Trinajstić information content (AvgIpc) is 2.19. The number of aliphatic hydroxyl groups excluding tert-OH is 1. The third kappa shape index (κ3) is 6.46. The molecule has 0 bridgehead atoms. The Bertz CT molecular complexity index is 181. The van der Waals surface area contributed by atoms with Gasteiger partial charge < -0.3 is 15.7 Å². The molecule has 0 radical (unpaired) electrons. The molecule has 1 saturated carbocycles. The molecular formula is C13H28N2O. The number of nitrogens with one attached hydrogen (secondary N) is 2. The van der Waals surface area contributed by atoms with Gasteiger partial charge in [-0.3, -0.25) is 0 Å². The van der Waals surface area contributed by atoms with Gasteiger partial charge >= 0.3 is 0 Å². The molecule has 0 heterocycles. The van der Waals surface area contributed by atoms with E-state index in [1.165, 1.54) is 12.8 Å². The highest BCUT2D eigenvalue weighted by Crippen LogP contribution is 2.23. The maximum atomic E-state index is 9.40. The van der Waals surface area contributed by atoms with Crippen LogP contribution in [0.25, 0.3) is 0 Å². The summed E-state index contributed by atoms with van der Waals surface area (Å²) < 4.78 is 0. The summed E-state index contributed by atoms with van der Waals surface area (Å²) in [6, 6.07) is 0. The summed E-state index contributed by atoms with van der Waals surface area (Å²) in [6.07, 6.45) is 4.32. The summed E-state index contributed by atoms with van der Waals surface area (Å²) in [5, 5.41) is 16.4. The quantitative estimate of drug-likeness (QED) is 0.625. The van der Waals surface area contributed by atoms with Crippen LogP contribution < -0.4 is 10.6 Å². The van der Waals surface area contributed by atoms with Gasteiger partial charge in [-0.15, -0.1) is 0 Å². The maximum absolute atomic E-state index is 9.40. The van der Waals surface area contributed by atoms with Crippen molar-refractivity contribution >= 4 is 0 Å². The van der Waals surface area contributed by atoms with Crippen molar-refractivity contribution in [2.24, 2.45) is 5.92 Å². The molecule has 16 heavy (non-hydrogen) atoms. The fourth-order valence-corrected chi connectivity index (χ4v) is 2.18. The van der Waals surface area contributed by atoms with Crippen LogP contribution in [0.1, 0.15) is 46.5 Å². The fraction of sp³-hybridized carbons (Fsp3) is 1.00. The standard InChI is InChI=1S/C13H28N2O/c1-13(2,3)15-9-8-14-10-11-4-6-12(16)7-5-11/h11-12,14-16H,4-10H2,1-3H3. The summed E-state index contributed by atoms with van der Waals surface area (Å²) in [5.41, 5.74) is 0.219. The van der Waals surface area contributed by atoms with E-state index in [-0.39, 0.29) is 11.6 Å². The molecule has 1 rings (SSSR count). The first kappa shape index (κ1) is 13.9. The molecule has 3 heteroatoms. The van der Waals surface area contributed by atoms with Gasteiger partial charge in [-0.25, -0.2) is 0 Å². The van der Waals surface area contributed by atoms with Crippen LogP contribution in [0.2, 0.25) is 0 Å². The first-order valence-corrected chi connectivity index (χ1v) is 6.61. The lowest BCUT2D eigenvalue weighted by atomic mass is 9.87. The number of hydrogen-bond donors (Lipinski definition) is 3. The van der Waals surface area contributed by atoms with Crippen LogP contribution >= 0.6 is 0 Å². The second kappa shape index (κ2) is 6.58. The molecule has 0 aromatic carbocycles. The Morgan fingerprint density at radius 2 is 1.69 bits per heavy atom. The highest BCUT2D eigenvalue weighted by atomic mass is 16.3. The molecule has 3 N–H and O–H groups in total. The minimum atomic E-state index is -0.0289. The van der Waals surface area contributed by atoms with Crippen LogP contribution in [-0.4, -0.2) is 36.4 Å². The predicted octanol–water partition coefficient (Wildman–Crippen LogP) is 1.52. The summed E-state index contributed by atoms with van der Waals surface area (Å²) in [6.45, 7) is 9.74. The highest BCUT2D eigenvalue weighted by Gasteiger charge is 2.18. The van der Waals surface area contributed by atoms with Gasteiger partial charge in [0.1, 0.15) is 0 Å². The van der Waals surface area contributed by atoms with Gasteiger partial charge in [-0.2, -0.15) is 0 Å². The summed E-state index contributed by atoms with van der Waals surface area (Å²) in [4.78, 5) is 0. The molecule has 0 amide bonds.